The average Bonchev–Trinajstić information content (AvgIpc) is 2.32. The normalized spacial score (nSPS) is 10.6. The van der Waals surface area contributed by atoms with Gasteiger partial charge in [0.25, 0.3) is 0 Å². The van der Waals surface area contributed by atoms with E-state index in [0.29, 0.717) is 11.9 Å². The van der Waals surface area contributed by atoms with Gasteiger partial charge in [0.05, 0.1) is 0 Å². The van der Waals surface area contributed by atoms with Crippen LogP contribution < -0.4 is 5.32 Å². The van der Waals surface area contributed by atoms with Gasteiger partial charge in [-0.1, -0.05) is 31.5 Å². The van der Waals surface area contributed by atoms with Gasteiger partial charge in [0, 0.05) is 17.6 Å². The van der Waals surface area contributed by atoms with Crippen molar-refractivity contribution in [2.45, 2.75) is 26.7 Å². The monoisotopic (exact) mass is 227 g/mol. The third kappa shape index (κ3) is 3.03. The summed E-state index contributed by atoms with van der Waals surface area (Å²) in [6.07, 6.45) is 1.79. The molecule has 0 aliphatic rings. The molecule has 2 aromatic rings. The summed E-state index contributed by atoms with van der Waals surface area (Å²) in [4.78, 5) is 8.69. The Bertz CT molecular complexity index is 489. The molecule has 0 amide bonds. The summed E-state index contributed by atoms with van der Waals surface area (Å²) in [5.74, 6) is 1.07. The van der Waals surface area contributed by atoms with Gasteiger partial charge in [-0.2, -0.15) is 0 Å². The topological polar surface area (TPSA) is 37.8 Å². The van der Waals surface area contributed by atoms with Crippen molar-refractivity contribution in [3.8, 4) is 0 Å². The first-order chi connectivity index (χ1) is 8.15. The number of aryl methyl sites for hydroxylation is 1. The molecule has 0 bridgehead atoms. The highest BCUT2D eigenvalue weighted by Crippen LogP contribution is 2.16. The number of benzene rings is 1. The van der Waals surface area contributed by atoms with E-state index in [0.717, 1.165) is 11.4 Å². The molecule has 0 aliphatic heterocycles. The number of hydrogen-bond donors (Lipinski definition) is 1. The molecule has 1 aromatic heterocycles. The lowest BCUT2D eigenvalue weighted by Crippen LogP contribution is -2.00. The van der Waals surface area contributed by atoms with E-state index < -0.39 is 0 Å². The van der Waals surface area contributed by atoms with Crippen LogP contribution in [-0.4, -0.2) is 9.97 Å². The fourth-order valence-corrected chi connectivity index (χ4v) is 1.52. The Morgan fingerprint density at radius 3 is 2.41 bits per heavy atom. The molecule has 0 spiro atoms. The fourth-order valence-electron chi connectivity index (χ4n) is 1.52. The maximum absolute atomic E-state index is 4.47. The minimum atomic E-state index is 0.413. The first-order valence-electron chi connectivity index (χ1n) is 5.82. The summed E-state index contributed by atoms with van der Waals surface area (Å²) in [6.45, 7) is 6.32. The minimum absolute atomic E-state index is 0.413. The molecule has 0 radical (unpaired) electrons. The average molecular weight is 227 g/mol. The standard InChI is InChI=1S/C14H17N3/c1-10(2)13-8-9-15-14(17-13)16-12-6-4-11(3)5-7-12/h4-10H,1-3H3,(H,15,16,17). The van der Waals surface area contributed by atoms with Crippen LogP contribution in [-0.2, 0) is 0 Å². The molecule has 88 valence electrons. The first kappa shape index (κ1) is 11.6. The summed E-state index contributed by atoms with van der Waals surface area (Å²) in [5, 5.41) is 3.20. The lowest BCUT2D eigenvalue weighted by atomic mass is 10.1. The van der Waals surface area contributed by atoms with Crippen molar-refractivity contribution in [1.29, 1.82) is 0 Å². The molecule has 1 heterocycles. The van der Waals surface area contributed by atoms with E-state index in [-0.39, 0.29) is 0 Å². The molecule has 0 unspecified atom stereocenters. The lowest BCUT2D eigenvalue weighted by Gasteiger charge is -2.08. The van der Waals surface area contributed by atoms with Crippen LogP contribution in [0.4, 0.5) is 11.6 Å². The maximum Gasteiger partial charge on any atom is 0.227 e. The number of aromatic nitrogens is 2. The van der Waals surface area contributed by atoms with E-state index in [1.807, 2.05) is 18.2 Å². The maximum atomic E-state index is 4.47. The highest BCUT2D eigenvalue weighted by molar-refractivity contribution is 5.53. The summed E-state index contributed by atoms with van der Waals surface area (Å²) in [6, 6.07) is 10.1. The van der Waals surface area contributed by atoms with Crippen LogP contribution in [0.1, 0.15) is 31.0 Å². The zero-order valence-corrected chi connectivity index (χ0v) is 10.4. The Balaban J connectivity index is 2.18. The second-order valence-electron chi connectivity index (χ2n) is 4.45. The summed E-state index contributed by atoms with van der Waals surface area (Å²) < 4.78 is 0. The Kier molecular flexibility index (Phi) is 3.38. The largest absolute Gasteiger partial charge is 0.324 e. The van der Waals surface area contributed by atoms with Crippen LogP contribution in [0.5, 0.6) is 0 Å². The van der Waals surface area contributed by atoms with Gasteiger partial charge in [-0.3, -0.25) is 0 Å². The molecule has 0 saturated heterocycles. The highest BCUT2D eigenvalue weighted by Gasteiger charge is 2.03. The van der Waals surface area contributed by atoms with Crippen molar-refractivity contribution >= 4 is 11.6 Å². The lowest BCUT2D eigenvalue weighted by molar-refractivity contribution is 0.817. The van der Waals surface area contributed by atoms with Gasteiger partial charge >= 0.3 is 0 Å². The van der Waals surface area contributed by atoms with Gasteiger partial charge in [-0.05, 0) is 31.0 Å². The molecule has 3 nitrogen and oxygen atoms in total. The predicted molar refractivity (Wildman–Crippen MR) is 70.6 cm³/mol. The summed E-state index contributed by atoms with van der Waals surface area (Å²) >= 11 is 0. The molecule has 17 heavy (non-hydrogen) atoms. The number of nitrogens with one attached hydrogen (secondary N) is 1. The van der Waals surface area contributed by atoms with E-state index in [1.165, 1.54) is 5.56 Å². The van der Waals surface area contributed by atoms with Crippen LogP contribution >= 0.6 is 0 Å². The number of rotatable bonds is 3. The van der Waals surface area contributed by atoms with Gasteiger partial charge in [0.2, 0.25) is 5.95 Å². The fraction of sp³-hybridized carbons (Fsp3) is 0.286. The number of hydrogen-bond acceptors (Lipinski definition) is 3. The molecular weight excluding hydrogens is 210 g/mol. The minimum Gasteiger partial charge on any atom is -0.324 e. The molecular formula is C14H17N3. The van der Waals surface area contributed by atoms with E-state index in [1.54, 1.807) is 6.20 Å². The Hall–Kier alpha value is -1.90. The van der Waals surface area contributed by atoms with Crippen molar-refractivity contribution in [3.63, 3.8) is 0 Å². The van der Waals surface area contributed by atoms with Crippen LogP contribution in [0.25, 0.3) is 0 Å². The molecule has 2 rings (SSSR count). The Morgan fingerprint density at radius 2 is 1.76 bits per heavy atom. The second-order valence-corrected chi connectivity index (χ2v) is 4.45. The van der Waals surface area contributed by atoms with Crippen molar-refractivity contribution in [2.24, 2.45) is 0 Å². The van der Waals surface area contributed by atoms with Gasteiger partial charge in [0.15, 0.2) is 0 Å². The van der Waals surface area contributed by atoms with Gasteiger partial charge in [0.1, 0.15) is 0 Å². The molecule has 1 N–H and O–H groups in total. The van der Waals surface area contributed by atoms with E-state index in [9.17, 15) is 0 Å². The number of nitrogens with zero attached hydrogens (tertiary/aromatic N) is 2. The predicted octanol–water partition coefficient (Wildman–Crippen LogP) is 3.65. The van der Waals surface area contributed by atoms with E-state index >= 15 is 0 Å². The van der Waals surface area contributed by atoms with E-state index in [4.69, 9.17) is 0 Å². The van der Waals surface area contributed by atoms with Crippen molar-refractivity contribution in [3.05, 3.63) is 47.8 Å². The third-order valence-corrected chi connectivity index (χ3v) is 2.58. The SMILES string of the molecule is Cc1ccc(Nc2nccc(C(C)C)n2)cc1. The smallest absolute Gasteiger partial charge is 0.227 e. The zero-order chi connectivity index (χ0) is 12.3. The first-order valence-corrected chi connectivity index (χ1v) is 5.82. The Labute approximate surface area is 102 Å². The van der Waals surface area contributed by atoms with Gasteiger partial charge < -0.3 is 5.32 Å². The van der Waals surface area contributed by atoms with Crippen molar-refractivity contribution in [2.75, 3.05) is 5.32 Å². The van der Waals surface area contributed by atoms with Crippen molar-refractivity contribution < 1.29 is 0 Å². The van der Waals surface area contributed by atoms with Crippen LogP contribution in [0.2, 0.25) is 0 Å². The molecule has 1 aromatic carbocycles. The highest BCUT2D eigenvalue weighted by atomic mass is 15.1. The van der Waals surface area contributed by atoms with Crippen LogP contribution in [0, 0.1) is 6.92 Å². The van der Waals surface area contributed by atoms with E-state index in [2.05, 4.69) is 48.2 Å². The zero-order valence-electron chi connectivity index (χ0n) is 10.4. The molecule has 0 fully saturated rings. The molecule has 0 aliphatic carbocycles. The quantitative estimate of drug-likeness (QED) is 0.869. The molecule has 0 saturated carbocycles. The van der Waals surface area contributed by atoms with Gasteiger partial charge in [-0.15, -0.1) is 0 Å². The summed E-state index contributed by atoms with van der Waals surface area (Å²) in [7, 11) is 0. The molecule has 0 atom stereocenters. The van der Waals surface area contributed by atoms with Crippen LogP contribution in [0.3, 0.4) is 0 Å². The van der Waals surface area contributed by atoms with Crippen LogP contribution in [0.15, 0.2) is 36.5 Å². The van der Waals surface area contributed by atoms with Crippen molar-refractivity contribution in [1.82, 2.24) is 9.97 Å². The molecule has 3 heteroatoms. The third-order valence-electron chi connectivity index (χ3n) is 2.58. The Morgan fingerprint density at radius 1 is 1.06 bits per heavy atom. The summed E-state index contributed by atoms with van der Waals surface area (Å²) in [5.41, 5.74) is 3.30. The number of anilines is 2. The van der Waals surface area contributed by atoms with Gasteiger partial charge in [-0.25, -0.2) is 9.97 Å². The second kappa shape index (κ2) is 4.95.